The molecule has 0 spiro atoms. The Kier molecular flexibility index (Phi) is 5.42. The molecule has 5 nitrogen and oxygen atoms in total. The molecule has 0 fully saturated rings. The summed E-state index contributed by atoms with van der Waals surface area (Å²) >= 11 is 1.95. The summed E-state index contributed by atoms with van der Waals surface area (Å²) in [4.78, 5) is 26.0. The molecule has 1 aliphatic rings. The monoisotopic (exact) mass is 448 g/mol. The molecule has 128 valence electrons. The molecule has 1 aromatic heterocycles. The van der Waals surface area contributed by atoms with Gasteiger partial charge in [-0.1, -0.05) is 32.9 Å². The quantitative estimate of drug-likeness (QED) is 0.437. The number of rotatable bonds is 4. The summed E-state index contributed by atoms with van der Waals surface area (Å²) in [6, 6.07) is -0.0577. The summed E-state index contributed by atoms with van der Waals surface area (Å²) in [5.41, 5.74) is -0.688. The lowest BCUT2D eigenvalue weighted by atomic mass is 10.0. The SMILES string of the molecule is CC(C)(C)[Si](C)(C)OC[C@@H]1CC=C[C@@H]1n1cc(I)c(=O)[nH]c1=O. The fraction of sp³-hybridized carbons (Fsp3) is 0.625. The zero-order valence-electron chi connectivity index (χ0n) is 14.4. The summed E-state index contributed by atoms with van der Waals surface area (Å²) < 4.78 is 8.47. The Hall–Kier alpha value is -0.673. The highest BCUT2D eigenvalue weighted by molar-refractivity contribution is 14.1. The van der Waals surface area contributed by atoms with Crippen molar-refractivity contribution in [2.24, 2.45) is 5.92 Å². The van der Waals surface area contributed by atoms with E-state index in [-0.39, 0.29) is 28.2 Å². The van der Waals surface area contributed by atoms with Gasteiger partial charge in [0.05, 0.1) is 9.61 Å². The summed E-state index contributed by atoms with van der Waals surface area (Å²) in [5.74, 6) is 0.225. The first kappa shape index (κ1) is 18.7. The van der Waals surface area contributed by atoms with Gasteiger partial charge in [0, 0.05) is 18.7 Å². The molecular formula is C16H25IN2O3Si. The van der Waals surface area contributed by atoms with Gasteiger partial charge < -0.3 is 4.43 Å². The maximum atomic E-state index is 12.1. The van der Waals surface area contributed by atoms with Gasteiger partial charge in [-0.15, -0.1) is 0 Å². The van der Waals surface area contributed by atoms with Crippen LogP contribution in [0.15, 0.2) is 27.9 Å². The van der Waals surface area contributed by atoms with Crippen molar-refractivity contribution in [2.45, 2.75) is 51.4 Å². The lowest BCUT2D eigenvalue weighted by molar-refractivity contribution is 0.204. The fourth-order valence-corrected chi connectivity index (χ4v) is 3.89. The lowest BCUT2D eigenvalue weighted by Gasteiger charge is -2.37. The van der Waals surface area contributed by atoms with E-state index >= 15 is 0 Å². The highest BCUT2D eigenvalue weighted by atomic mass is 127. The largest absolute Gasteiger partial charge is 0.416 e. The van der Waals surface area contributed by atoms with Crippen LogP contribution in [0.3, 0.4) is 0 Å². The molecule has 2 rings (SSSR count). The van der Waals surface area contributed by atoms with Crippen molar-refractivity contribution >= 4 is 30.9 Å². The number of hydrogen-bond donors (Lipinski definition) is 1. The number of hydrogen-bond acceptors (Lipinski definition) is 3. The summed E-state index contributed by atoms with van der Waals surface area (Å²) in [6.45, 7) is 11.8. The van der Waals surface area contributed by atoms with Crippen LogP contribution in [0, 0.1) is 9.49 Å². The third kappa shape index (κ3) is 4.05. The topological polar surface area (TPSA) is 64.1 Å². The number of halogens is 1. The van der Waals surface area contributed by atoms with Gasteiger partial charge in [-0.3, -0.25) is 14.3 Å². The van der Waals surface area contributed by atoms with Crippen LogP contribution in [0.25, 0.3) is 0 Å². The van der Waals surface area contributed by atoms with Gasteiger partial charge in [0.15, 0.2) is 8.32 Å². The summed E-state index contributed by atoms with van der Waals surface area (Å²) in [7, 11) is -1.81. The first-order valence-electron chi connectivity index (χ1n) is 7.84. The highest BCUT2D eigenvalue weighted by Crippen LogP contribution is 2.38. The van der Waals surface area contributed by atoms with E-state index in [2.05, 4.69) is 44.9 Å². The number of aromatic amines is 1. The van der Waals surface area contributed by atoms with E-state index in [4.69, 9.17) is 4.43 Å². The predicted octanol–water partition coefficient (Wildman–Crippen LogP) is 3.28. The molecule has 1 aromatic rings. The summed E-state index contributed by atoms with van der Waals surface area (Å²) in [5, 5.41) is 0.165. The standard InChI is InChI=1S/C16H25IN2O3Si/c1-16(2,3)23(4,5)22-10-11-7-6-8-13(11)19-9-12(17)14(20)18-15(19)21/h6,8-9,11,13H,7,10H2,1-5H3,(H,18,20,21)/t11-,13-/m0/s1. The maximum Gasteiger partial charge on any atom is 0.328 e. The number of nitrogens with zero attached hydrogens (tertiary/aromatic N) is 1. The molecule has 7 heteroatoms. The lowest BCUT2D eigenvalue weighted by Crippen LogP contribution is -2.43. The van der Waals surface area contributed by atoms with Crippen LogP contribution < -0.4 is 11.2 Å². The molecule has 0 bridgehead atoms. The van der Waals surface area contributed by atoms with E-state index in [1.165, 1.54) is 0 Å². The molecule has 1 N–H and O–H groups in total. The minimum atomic E-state index is -1.81. The Balaban J connectivity index is 2.18. The molecule has 2 atom stereocenters. The average molecular weight is 448 g/mol. The fourth-order valence-electron chi connectivity index (χ4n) is 2.39. The number of H-pyrrole nitrogens is 1. The molecule has 0 unspecified atom stereocenters. The molecule has 0 saturated carbocycles. The van der Waals surface area contributed by atoms with Gasteiger partial charge in [0.2, 0.25) is 0 Å². The Morgan fingerprint density at radius 2 is 2.04 bits per heavy atom. The molecule has 0 amide bonds. The molecule has 0 radical (unpaired) electrons. The van der Waals surface area contributed by atoms with E-state index in [9.17, 15) is 9.59 Å². The van der Waals surface area contributed by atoms with Gasteiger partial charge in [0.1, 0.15) is 0 Å². The Bertz CT molecular complexity index is 715. The van der Waals surface area contributed by atoms with Crippen molar-refractivity contribution in [2.75, 3.05) is 6.61 Å². The molecule has 0 aromatic carbocycles. The van der Waals surface area contributed by atoms with Crippen LogP contribution in [0.2, 0.25) is 18.1 Å². The van der Waals surface area contributed by atoms with E-state index in [1.54, 1.807) is 10.8 Å². The first-order chi connectivity index (χ1) is 10.5. The maximum absolute atomic E-state index is 12.1. The highest BCUT2D eigenvalue weighted by Gasteiger charge is 2.38. The van der Waals surface area contributed by atoms with Crippen molar-refractivity contribution in [3.8, 4) is 0 Å². The number of aromatic nitrogens is 2. The van der Waals surface area contributed by atoms with Gasteiger partial charge in [0.25, 0.3) is 5.56 Å². The minimum absolute atomic E-state index is 0.0577. The smallest absolute Gasteiger partial charge is 0.328 e. The number of allylic oxidation sites excluding steroid dienone is 2. The minimum Gasteiger partial charge on any atom is -0.416 e. The van der Waals surface area contributed by atoms with E-state index in [1.807, 2.05) is 28.7 Å². The van der Waals surface area contributed by atoms with Crippen LogP contribution in [-0.4, -0.2) is 24.5 Å². The average Bonchev–Trinajstić information content (AvgIpc) is 2.87. The van der Waals surface area contributed by atoms with Crippen LogP contribution in [0.4, 0.5) is 0 Å². The van der Waals surface area contributed by atoms with Gasteiger partial charge in [-0.2, -0.15) is 0 Å². The second kappa shape index (κ2) is 6.68. The second-order valence-electron chi connectivity index (χ2n) is 7.63. The molecule has 1 aliphatic carbocycles. The molecule has 1 heterocycles. The zero-order chi connectivity index (χ0) is 17.4. The zero-order valence-corrected chi connectivity index (χ0v) is 17.5. The molecule has 0 saturated heterocycles. The molecule has 23 heavy (non-hydrogen) atoms. The third-order valence-electron chi connectivity index (χ3n) is 4.97. The Morgan fingerprint density at radius 1 is 1.39 bits per heavy atom. The predicted molar refractivity (Wildman–Crippen MR) is 103 cm³/mol. The van der Waals surface area contributed by atoms with Gasteiger partial charge >= 0.3 is 5.69 Å². The normalized spacial score (nSPS) is 21.8. The van der Waals surface area contributed by atoms with E-state index < -0.39 is 8.32 Å². The van der Waals surface area contributed by atoms with Crippen molar-refractivity contribution in [3.05, 3.63) is 42.8 Å². The van der Waals surface area contributed by atoms with Crippen molar-refractivity contribution in [3.63, 3.8) is 0 Å². The van der Waals surface area contributed by atoms with Crippen LogP contribution in [0.1, 0.15) is 33.2 Å². The van der Waals surface area contributed by atoms with Crippen LogP contribution >= 0.6 is 22.6 Å². The van der Waals surface area contributed by atoms with E-state index in [0.717, 1.165) is 6.42 Å². The van der Waals surface area contributed by atoms with Crippen LogP contribution in [0.5, 0.6) is 0 Å². The third-order valence-corrected chi connectivity index (χ3v) is 10.2. The van der Waals surface area contributed by atoms with Crippen molar-refractivity contribution in [1.82, 2.24) is 9.55 Å². The van der Waals surface area contributed by atoms with Crippen molar-refractivity contribution in [1.29, 1.82) is 0 Å². The van der Waals surface area contributed by atoms with E-state index in [0.29, 0.717) is 10.2 Å². The van der Waals surface area contributed by atoms with Crippen LogP contribution in [-0.2, 0) is 4.43 Å². The number of nitrogens with one attached hydrogen (secondary N) is 1. The summed E-state index contributed by atoms with van der Waals surface area (Å²) in [6.07, 6.45) is 6.66. The first-order valence-corrected chi connectivity index (χ1v) is 11.8. The molecular weight excluding hydrogens is 423 g/mol. The Morgan fingerprint density at radius 3 is 2.65 bits per heavy atom. The molecule has 0 aliphatic heterocycles. The Labute approximate surface area is 151 Å². The van der Waals surface area contributed by atoms with Gasteiger partial charge in [-0.05, 0) is 47.1 Å². The van der Waals surface area contributed by atoms with Crippen molar-refractivity contribution < 1.29 is 4.43 Å². The van der Waals surface area contributed by atoms with Gasteiger partial charge in [-0.25, -0.2) is 4.79 Å². The second-order valence-corrected chi connectivity index (χ2v) is 13.6.